The molecule has 1 aliphatic heterocycles. The first-order chi connectivity index (χ1) is 30.5. The Balaban J connectivity index is 1.000. The van der Waals surface area contributed by atoms with E-state index in [0.29, 0.717) is 35.2 Å². The molecule has 0 spiro atoms. The summed E-state index contributed by atoms with van der Waals surface area (Å²) in [5, 5.41) is 3.53. The van der Waals surface area contributed by atoms with Gasteiger partial charge < -0.3 is 5.32 Å². The van der Waals surface area contributed by atoms with Crippen molar-refractivity contribution in [1.82, 2.24) is 25.3 Å². The predicted molar refractivity (Wildman–Crippen MR) is 256 cm³/mol. The minimum atomic E-state index is 0.324. The van der Waals surface area contributed by atoms with E-state index in [0.717, 1.165) is 76.0 Å². The normalized spacial score (nSPS) is 19.3. The number of aromatic nitrogens is 4. The molecule has 0 fully saturated rings. The quantitative estimate of drug-likeness (QED) is 0.158. The molecule has 0 saturated carbocycles. The second-order valence-electron chi connectivity index (χ2n) is 16.7. The number of aryl methyl sites for hydroxylation is 2. The molecule has 6 aromatic rings. The van der Waals surface area contributed by atoms with Crippen LogP contribution in [-0.4, -0.2) is 26.5 Å². The topological polar surface area (TPSA) is 63.6 Å². The Labute approximate surface area is 365 Å². The fraction of sp³-hybridized carbons (Fsp3) is 0.158. The first kappa shape index (κ1) is 38.9. The minimum Gasteiger partial charge on any atom is -0.384 e. The molecule has 10 rings (SSSR count). The van der Waals surface area contributed by atoms with Gasteiger partial charge in [-0.15, -0.1) is 0 Å². The van der Waals surface area contributed by atoms with E-state index in [-0.39, 0.29) is 0 Å². The van der Waals surface area contributed by atoms with Crippen molar-refractivity contribution in [3.05, 3.63) is 228 Å². The van der Waals surface area contributed by atoms with Crippen LogP contribution < -0.4 is 5.32 Å². The number of dihydropyridines is 1. The summed E-state index contributed by atoms with van der Waals surface area (Å²) in [5.41, 5.74) is 16.1. The molecule has 0 saturated heterocycles. The molecule has 2 aromatic heterocycles. The summed E-state index contributed by atoms with van der Waals surface area (Å²) in [6, 6.07) is 38.8. The third-order valence-corrected chi connectivity index (χ3v) is 12.3. The van der Waals surface area contributed by atoms with Crippen LogP contribution in [0.1, 0.15) is 53.1 Å². The van der Waals surface area contributed by atoms with Crippen LogP contribution in [0.3, 0.4) is 0 Å². The molecule has 302 valence electrons. The van der Waals surface area contributed by atoms with E-state index >= 15 is 0 Å². The van der Waals surface area contributed by atoms with Gasteiger partial charge in [0, 0.05) is 58.6 Å². The lowest BCUT2D eigenvalue weighted by atomic mass is 9.83. The van der Waals surface area contributed by atoms with Crippen molar-refractivity contribution in [2.75, 3.05) is 6.54 Å². The molecular weight excluding hydrogens is 755 g/mol. The summed E-state index contributed by atoms with van der Waals surface area (Å²) >= 11 is 0. The number of pyridine rings is 1. The number of rotatable bonds is 9. The third kappa shape index (κ3) is 8.53. The summed E-state index contributed by atoms with van der Waals surface area (Å²) < 4.78 is 0. The van der Waals surface area contributed by atoms with E-state index in [1.54, 1.807) is 0 Å². The van der Waals surface area contributed by atoms with Crippen LogP contribution >= 0.6 is 0 Å². The van der Waals surface area contributed by atoms with Crippen LogP contribution in [0.5, 0.6) is 0 Å². The Hall–Kier alpha value is -7.24. The van der Waals surface area contributed by atoms with Gasteiger partial charge in [-0.1, -0.05) is 145 Å². The SMILES string of the molecule is Cc1cccc(-c2nc(-c3cccc(C)c3)nc(-c3cc(C4=CCC(C5=CCC(c6ccccn6)C=C5)C=C4)cc(-c4ccc(C5=CCC(C6=CC=CCN6)C=C5)cc4)c3)n2)c1. The summed E-state index contributed by atoms with van der Waals surface area (Å²) in [7, 11) is 0. The molecule has 0 amide bonds. The molecule has 3 atom stereocenters. The third-order valence-electron chi connectivity index (χ3n) is 12.3. The average Bonchev–Trinajstić information content (AvgIpc) is 3.34. The second kappa shape index (κ2) is 17.4. The van der Waals surface area contributed by atoms with Crippen LogP contribution in [0, 0.1) is 25.7 Å². The number of nitrogens with zero attached hydrogens (tertiary/aromatic N) is 4. The van der Waals surface area contributed by atoms with Crippen molar-refractivity contribution in [1.29, 1.82) is 0 Å². The second-order valence-corrected chi connectivity index (χ2v) is 16.7. The van der Waals surface area contributed by atoms with E-state index in [1.807, 2.05) is 12.3 Å². The van der Waals surface area contributed by atoms with Gasteiger partial charge in [-0.05, 0) is 121 Å². The van der Waals surface area contributed by atoms with Crippen LogP contribution in [0.2, 0.25) is 0 Å². The monoisotopic (exact) mass is 803 g/mol. The molecule has 62 heavy (non-hydrogen) atoms. The fourth-order valence-corrected chi connectivity index (χ4v) is 8.88. The molecule has 3 aliphatic carbocycles. The van der Waals surface area contributed by atoms with Gasteiger partial charge in [0.15, 0.2) is 17.5 Å². The van der Waals surface area contributed by atoms with Crippen molar-refractivity contribution in [2.24, 2.45) is 11.8 Å². The van der Waals surface area contributed by atoms with Gasteiger partial charge in [0.05, 0.1) is 0 Å². The van der Waals surface area contributed by atoms with E-state index in [1.165, 1.54) is 28.0 Å². The predicted octanol–water partition coefficient (Wildman–Crippen LogP) is 13.2. The fourth-order valence-electron chi connectivity index (χ4n) is 8.88. The van der Waals surface area contributed by atoms with E-state index in [9.17, 15) is 0 Å². The maximum atomic E-state index is 5.19. The smallest absolute Gasteiger partial charge is 0.164 e. The Morgan fingerprint density at radius 3 is 1.71 bits per heavy atom. The molecule has 0 radical (unpaired) electrons. The first-order valence-corrected chi connectivity index (χ1v) is 21.8. The lowest BCUT2D eigenvalue weighted by Crippen LogP contribution is -2.21. The first-order valence-electron chi connectivity index (χ1n) is 21.8. The molecule has 4 aliphatic rings. The summed E-state index contributed by atoms with van der Waals surface area (Å²) in [4.78, 5) is 20.0. The van der Waals surface area contributed by atoms with Crippen LogP contribution in [0.4, 0.5) is 0 Å². The van der Waals surface area contributed by atoms with E-state index < -0.39 is 0 Å². The zero-order valence-corrected chi connectivity index (χ0v) is 35.2. The highest BCUT2D eigenvalue weighted by atomic mass is 15.0. The van der Waals surface area contributed by atoms with Gasteiger partial charge in [0.2, 0.25) is 0 Å². The standard InChI is InChI=1S/C57H49N5/c1-38-9-7-11-48(33-38)55-60-56(49-12-8-10-39(2)34-49)62-57(61-55)52-36-50(44-19-15-40(16-20-44)42-23-27-46(28-24-42)53-13-3-5-31-58-53)35-51(37-52)45-21-17-41(18-22-45)43-25-29-47(30-26-43)54-14-4-6-32-59-54/h3-17,19-27,29,32-37,41,46-47,58H,18,28,30-31H2,1-2H3. The minimum absolute atomic E-state index is 0.324. The molecule has 5 heteroatoms. The maximum absolute atomic E-state index is 5.19. The number of hydrogen-bond donors (Lipinski definition) is 1. The van der Waals surface area contributed by atoms with E-state index in [2.05, 4.69) is 200 Å². The molecule has 3 unspecified atom stereocenters. The lowest BCUT2D eigenvalue weighted by molar-refractivity contribution is 0.680. The Kier molecular flexibility index (Phi) is 10.9. The lowest BCUT2D eigenvalue weighted by Gasteiger charge is -2.22. The molecule has 0 bridgehead atoms. The highest BCUT2D eigenvalue weighted by Crippen LogP contribution is 2.38. The summed E-state index contributed by atoms with van der Waals surface area (Å²) in [6.07, 6.45) is 32.3. The number of nitrogens with one attached hydrogen (secondary N) is 1. The highest BCUT2D eigenvalue weighted by Gasteiger charge is 2.21. The van der Waals surface area contributed by atoms with Gasteiger partial charge in [-0.25, -0.2) is 15.0 Å². The molecule has 4 aromatic carbocycles. The molecular formula is C57H49N5. The van der Waals surface area contributed by atoms with Crippen LogP contribution in [0.25, 0.3) is 56.4 Å². The Morgan fingerprint density at radius 1 is 0.500 bits per heavy atom. The van der Waals surface area contributed by atoms with Crippen molar-refractivity contribution < 1.29 is 0 Å². The van der Waals surface area contributed by atoms with E-state index in [4.69, 9.17) is 15.0 Å². The van der Waals surface area contributed by atoms with Crippen molar-refractivity contribution in [3.8, 4) is 45.3 Å². The number of allylic oxidation sites excluding steroid dienone is 14. The van der Waals surface area contributed by atoms with Gasteiger partial charge in [0.1, 0.15) is 0 Å². The van der Waals surface area contributed by atoms with Gasteiger partial charge >= 0.3 is 0 Å². The molecule has 5 nitrogen and oxygen atoms in total. The average molecular weight is 804 g/mol. The maximum Gasteiger partial charge on any atom is 0.164 e. The van der Waals surface area contributed by atoms with Gasteiger partial charge in [0.25, 0.3) is 0 Å². The summed E-state index contributed by atoms with van der Waals surface area (Å²) in [6.45, 7) is 5.10. The summed E-state index contributed by atoms with van der Waals surface area (Å²) in [5.74, 6) is 3.01. The largest absolute Gasteiger partial charge is 0.384 e. The van der Waals surface area contributed by atoms with Crippen molar-refractivity contribution >= 4 is 11.1 Å². The Morgan fingerprint density at radius 2 is 1.11 bits per heavy atom. The van der Waals surface area contributed by atoms with Crippen molar-refractivity contribution in [2.45, 2.75) is 39.0 Å². The van der Waals surface area contributed by atoms with Crippen LogP contribution in [-0.2, 0) is 0 Å². The highest BCUT2D eigenvalue weighted by molar-refractivity contribution is 5.84. The number of hydrogen-bond acceptors (Lipinski definition) is 5. The van der Waals surface area contributed by atoms with Crippen LogP contribution in [0.15, 0.2) is 200 Å². The Bertz CT molecular complexity index is 2840. The molecule has 3 heterocycles. The van der Waals surface area contributed by atoms with Gasteiger partial charge in [-0.3, -0.25) is 4.98 Å². The van der Waals surface area contributed by atoms with Crippen molar-refractivity contribution in [3.63, 3.8) is 0 Å². The number of benzene rings is 4. The van der Waals surface area contributed by atoms with Gasteiger partial charge in [-0.2, -0.15) is 0 Å². The zero-order valence-electron chi connectivity index (χ0n) is 35.2. The molecule has 1 N–H and O–H groups in total. The zero-order chi connectivity index (χ0) is 41.8.